The van der Waals surface area contributed by atoms with Crippen LogP contribution >= 0.6 is 0 Å². The fourth-order valence-corrected chi connectivity index (χ4v) is 3.00. The number of rotatable bonds is 0. The lowest BCUT2D eigenvalue weighted by atomic mass is 10.0. The standard InChI is InChI=1S/C15H17FN2O/c1-17-9-4-3-6-11-10-7-5-8-12(16)13(10)18(2)14(11)15(17)19/h5,7-8H,3-4,6,9H2,1-2H3. The largest absolute Gasteiger partial charge is 0.340 e. The number of carbonyl (C=O) groups excluding carboxylic acids is 1. The molecule has 0 bridgehead atoms. The third-order valence-electron chi connectivity index (χ3n) is 3.99. The number of hydrogen-bond acceptors (Lipinski definition) is 1. The smallest absolute Gasteiger partial charge is 0.270 e. The van der Waals surface area contributed by atoms with Crippen LogP contribution in [0.15, 0.2) is 18.2 Å². The number of benzene rings is 1. The molecule has 1 aliphatic rings. The Morgan fingerprint density at radius 1 is 1.21 bits per heavy atom. The number of aryl methyl sites for hydroxylation is 2. The summed E-state index contributed by atoms with van der Waals surface area (Å²) in [6.07, 6.45) is 2.86. The summed E-state index contributed by atoms with van der Waals surface area (Å²) in [7, 11) is 3.59. The lowest BCUT2D eigenvalue weighted by Gasteiger charge is -2.21. The molecule has 0 spiro atoms. The SMILES string of the molecule is CN1CCCCc2c(n(C)c3c(F)cccc23)C1=O. The molecule has 19 heavy (non-hydrogen) atoms. The van der Waals surface area contributed by atoms with Gasteiger partial charge in [0.25, 0.3) is 5.91 Å². The molecule has 2 heterocycles. The Kier molecular flexibility index (Phi) is 2.81. The second-order valence-electron chi connectivity index (χ2n) is 5.21. The van der Waals surface area contributed by atoms with Crippen LogP contribution in [0.25, 0.3) is 10.9 Å². The number of fused-ring (bicyclic) bond motifs is 3. The molecule has 0 unspecified atom stereocenters. The van der Waals surface area contributed by atoms with Crippen molar-refractivity contribution in [2.75, 3.05) is 13.6 Å². The second-order valence-corrected chi connectivity index (χ2v) is 5.21. The third kappa shape index (κ3) is 1.74. The van der Waals surface area contributed by atoms with E-state index in [1.54, 1.807) is 22.6 Å². The molecule has 100 valence electrons. The van der Waals surface area contributed by atoms with E-state index in [-0.39, 0.29) is 11.7 Å². The molecule has 0 radical (unpaired) electrons. The molecule has 0 fully saturated rings. The molecule has 1 amide bonds. The maximum atomic E-state index is 14.0. The number of halogens is 1. The summed E-state index contributed by atoms with van der Waals surface area (Å²) < 4.78 is 15.7. The highest BCUT2D eigenvalue weighted by Gasteiger charge is 2.26. The minimum absolute atomic E-state index is 0.00667. The van der Waals surface area contributed by atoms with Crippen molar-refractivity contribution in [3.63, 3.8) is 0 Å². The van der Waals surface area contributed by atoms with Crippen LogP contribution in [0.3, 0.4) is 0 Å². The van der Waals surface area contributed by atoms with Gasteiger partial charge in [-0.2, -0.15) is 0 Å². The Hall–Kier alpha value is -1.84. The summed E-state index contributed by atoms with van der Waals surface area (Å²) >= 11 is 0. The zero-order valence-corrected chi connectivity index (χ0v) is 11.2. The summed E-state index contributed by atoms with van der Waals surface area (Å²) in [4.78, 5) is 14.2. The Balaban J connectivity index is 2.35. The molecule has 0 atom stereocenters. The van der Waals surface area contributed by atoms with Crippen molar-refractivity contribution in [1.82, 2.24) is 9.47 Å². The van der Waals surface area contributed by atoms with Gasteiger partial charge in [0.05, 0.1) is 5.52 Å². The van der Waals surface area contributed by atoms with Crippen molar-refractivity contribution in [3.05, 3.63) is 35.3 Å². The van der Waals surface area contributed by atoms with Crippen molar-refractivity contribution >= 4 is 16.8 Å². The predicted octanol–water partition coefficient (Wildman–Crippen LogP) is 2.73. The van der Waals surface area contributed by atoms with Gasteiger partial charge in [-0.05, 0) is 30.9 Å². The Bertz CT molecular complexity index is 660. The number of aromatic nitrogens is 1. The minimum Gasteiger partial charge on any atom is -0.340 e. The number of hydrogen-bond donors (Lipinski definition) is 0. The Morgan fingerprint density at radius 2 is 2.00 bits per heavy atom. The summed E-state index contributed by atoms with van der Waals surface area (Å²) in [5.41, 5.74) is 2.17. The first-order valence-corrected chi connectivity index (χ1v) is 6.62. The summed E-state index contributed by atoms with van der Waals surface area (Å²) in [5.74, 6) is -0.269. The first-order valence-electron chi connectivity index (χ1n) is 6.62. The van der Waals surface area contributed by atoms with Crippen molar-refractivity contribution in [2.45, 2.75) is 19.3 Å². The van der Waals surface area contributed by atoms with Gasteiger partial charge in [0.15, 0.2) is 0 Å². The second kappa shape index (κ2) is 4.37. The van der Waals surface area contributed by atoms with Gasteiger partial charge < -0.3 is 9.47 Å². The molecule has 0 N–H and O–H groups in total. The summed E-state index contributed by atoms with van der Waals surface area (Å²) in [5, 5.41) is 0.876. The maximum absolute atomic E-state index is 14.0. The van der Waals surface area contributed by atoms with Gasteiger partial charge in [-0.1, -0.05) is 12.1 Å². The van der Waals surface area contributed by atoms with E-state index >= 15 is 0 Å². The van der Waals surface area contributed by atoms with Crippen LogP contribution in [0.1, 0.15) is 28.9 Å². The molecule has 3 rings (SSSR count). The lowest BCUT2D eigenvalue weighted by Crippen LogP contribution is -2.31. The van der Waals surface area contributed by atoms with E-state index in [9.17, 15) is 9.18 Å². The fraction of sp³-hybridized carbons (Fsp3) is 0.400. The summed E-state index contributed by atoms with van der Waals surface area (Å²) in [6.45, 7) is 0.766. The molecule has 0 aliphatic carbocycles. The Labute approximate surface area is 111 Å². The van der Waals surface area contributed by atoms with Crippen LogP contribution in [-0.2, 0) is 13.5 Å². The van der Waals surface area contributed by atoms with E-state index in [2.05, 4.69) is 0 Å². The van der Waals surface area contributed by atoms with Crippen molar-refractivity contribution in [2.24, 2.45) is 7.05 Å². The molecular weight excluding hydrogens is 243 g/mol. The number of amides is 1. The van der Waals surface area contributed by atoms with Crippen LogP contribution in [0.4, 0.5) is 4.39 Å². The number of nitrogens with zero attached hydrogens (tertiary/aromatic N) is 2. The van der Waals surface area contributed by atoms with Gasteiger partial charge >= 0.3 is 0 Å². The highest BCUT2D eigenvalue weighted by molar-refractivity contribution is 6.02. The lowest BCUT2D eigenvalue weighted by molar-refractivity contribution is 0.0778. The van der Waals surface area contributed by atoms with Crippen LogP contribution in [0, 0.1) is 5.82 Å². The Morgan fingerprint density at radius 3 is 2.79 bits per heavy atom. The monoisotopic (exact) mass is 260 g/mol. The van der Waals surface area contributed by atoms with Gasteiger partial charge in [-0.3, -0.25) is 4.79 Å². The quantitative estimate of drug-likeness (QED) is 0.715. The molecule has 4 heteroatoms. The van der Waals surface area contributed by atoms with E-state index in [0.29, 0.717) is 11.2 Å². The van der Waals surface area contributed by atoms with Crippen molar-refractivity contribution in [1.29, 1.82) is 0 Å². The van der Waals surface area contributed by atoms with Crippen molar-refractivity contribution < 1.29 is 9.18 Å². The van der Waals surface area contributed by atoms with Crippen molar-refractivity contribution in [3.8, 4) is 0 Å². The third-order valence-corrected chi connectivity index (χ3v) is 3.99. The summed E-state index contributed by atoms with van der Waals surface area (Å²) in [6, 6.07) is 5.07. The van der Waals surface area contributed by atoms with Gasteiger partial charge in [0.1, 0.15) is 11.5 Å². The molecule has 0 saturated carbocycles. The molecule has 1 aromatic heterocycles. The van der Waals surface area contributed by atoms with Crippen LogP contribution < -0.4 is 0 Å². The molecule has 1 aromatic carbocycles. The maximum Gasteiger partial charge on any atom is 0.270 e. The normalized spacial score (nSPS) is 16.4. The average molecular weight is 260 g/mol. The first-order chi connectivity index (χ1) is 9.11. The van der Waals surface area contributed by atoms with Gasteiger partial charge in [0.2, 0.25) is 0 Å². The molecular formula is C15H17FN2O. The molecule has 1 aliphatic heterocycles. The molecule has 3 nitrogen and oxygen atoms in total. The number of carbonyl (C=O) groups is 1. The number of para-hydroxylation sites is 1. The van der Waals surface area contributed by atoms with Crippen LogP contribution in [-0.4, -0.2) is 29.0 Å². The molecule has 0 saturated heterocycles. The van der Waals surface area contributed by atoms with E-state index in [0.717, 1.165) is 36.8 Å². The van der Waals surface area contributed by atoms with E-state index in [4.69, 9.17) is 0 Å². The van der Waals surface area contributed by atoms with Crippen LogP contribution in [0.2, 0.25) is 0 Å². The van der Waals surface area contributed by atoms with E-state index < -0.39 is 0 Å². The first kappa shape index (κ1) is 12.2. The zero-order chi connectivity index (χ0) is 13.6. The highest BCUT2D eigenvalue weighted by Crippen LogP contribution is 2.30. The zero-order valence-electron chi connectivity index (χ0n) is 11.2. The molecule has 2 aromatic rings. The average Bonchev–Trinajstić information content (AvgIpc) is 2.66. The van der Waals surface area contributed by atoms with Gasteiger partial charge in [-0.15, -0.1) is 0 Å². The fourth-order valence-electron chi connectivity index (χ4n) is 3.00. The van der Waals surface area contributed by atoms with Gasteiger partial charge in [0, 0.05) is 26.0 Å². The van der Waals surface area contributed by atoms with E-state index in [1.165, 1.54) is 6.07 Å². The van der Waals surface area contributed by atoms with E-state index in [1.807, 2.05) is 13.1 Å². The van der Waals surface area contributed by atoms with Crippen LogP contribution in [0.5, 0.6) is 0 Å². The minimum atomic E-state index is -0.262. The topological polar surface area (TPSA) is 25.2 Å². The highest BCUT2D eigenvalue weighted by atomic mass is 19.1. The van der Waals surface area contributed by atoms with Gasteiger partial charge in [-0.25, -0.2) is 4.39 Å². The predicted molar refractivity (Wildman–Crippen MR) is 72.8 cm³/mol.